The van der Waals surface area contributed by atoms with Crippen molar-refractivity contribution in [2.24, 2.45) is 0 Å². The van der Waals surface area contributed by atoms with Crippen molar-refractivity contribution in [1.29, 1.82) is 0 Å². The molecule has 0 aliphatic heterocycles. The van der Waals surface area contributed by atoms with Gasteiger partial charge in [0.15, 0.2) is 0 Å². The molecule has 0 saturated heterocycles. The molecule has 0 spiro atoms. The van der Waals surface area contributed by atoms with E-state index >= 15 is 0 Å². The molecule has 0 aliphatic carbocycles. The van der Waals surface area contributed by atoms with Gasteiger partial charge >= 0.3 is 5.97 Å². The number of hydrogen-bond acceptors (Lipinski definition) is 4. The van der Waals surface area contributed by atoms with Crippen LogP contribution >= 0.6 is 0 Å². The summed E-state index contributed by atoms with van der Waals surface area (Å²) >= 11 is 0. The fraction of sp³-hybridized carbons (Fsp3) is 0.957. The van der Waals surface area contributed by atoms with E-state index in [1.165, 1.54) is 25.7 Å². The van der Waals surface area contributed by atoms with E-state index in [1.54, 1.807) is 14.2 Å². The van der Waals surface area contributed by atoms with Crippen LogP contribution in [0.2, 0.25) is 0 Å². The van der Waals surface area contributed by atoms with Gasteiger partial charge in [-0.05, 0) is 38.5 Å². The van der Waals surface area contributed by atoms with E-state index in [0.29, 0.717) is 6.42 Å². The number of aliphatic carboxylic acids is 1. The topological polar surface area (TPSA) is 65.0 Å². The second kappa shape index (κ2) is 19.7. The van der Waals surface area contributed by atoms with Crippen LogP contribution in [-0.4, -0.2) is 50.7 Å². The maximum Gasteiger partial charge on any atom is 0.303 e. The minimum Gasteiger partial charge on any atom is -0.481 e. The monoisotopic (exact) mass is 402 g/mol. The van der Waals surface area contributed by atoms with E-state index in [9.17, 15) is 4.79 Å². The van der Waals surface area contributed by atoms with Gasteiger partial charge in [-0.2, -0.15) is 0 Å². The standard InChI is InChI=1S/C23H46O5/c1-5-6-7-11-15-21(27-3)19-22(28-4)18-17-20(26-2)14-12-9-8-10-13-16-23(24)25/h20-22H,5-19H2,1-4H3,(H,24,25). The van der Waals surface area contributed by atoms with Crippen molar-refractivity contribution >= 4 is 5.97 Å². The van der Waals surface area contributed by atoms with E-state index in [-0.39, 0.29) is 18.3 Å². The van der Waals surface area contributed by atoms with Crippen LogP contribution in [0.25, 0.3) is 0 Å². The number of unbranched alkanes of at least 4 members (excludes halogenated alkanes) is 7. The average molecular weight is 403 g/mol. The summed E-state index contributed by atoms with van der Waals surface area (Å²) < 4.78 is 17.0. The molecule has 0 aliphatic rings. The number of hydrogen-bond donors (Lipinski definition) is 1. The van der Waals surface area contributed by atoms with Gasteiger partial charge in [0.05, 0.1) is 18.3 Å². The summed E-state index contributed by atoms with van der Waals surface area (Å²) in [5, 5.41) is 8.64. The molecular weight excluding hydrogens is 356 g/mol. The zero-order valence-electron chi connectivity index (χ0n) is 18.9. The number of carboxylic acids is 1. The summed E-state index contributed by atoms with van der Waals surface area (Å²) in [4.78, 5) is 10.5. The maximum atomic E-state index is 10.5. The lowest BCUT2D eigenvalue weighted by atomic mass is 9.98. The average Bonchev–Trinajstić information content (AvgIpc) is 2.69. The minimum absolute atomic E-state index is 0.227. The van der Waals surface area contributed by atoms with Gasteiger partial charge in [0.2, 0.25) is 0 Å². The Bertz CT molecular complexity index is 348. The van der Waals surface area contributed by atoms with Gasteiger partial charge in [-0.25, -0.2) is 0 Å². The smallest absolute Gasteiger partial charge is 0.303 e. The highest BCUT2D eigenvalue weighted by molar-refractivity contribution is 5.66. The number of rotatable bonds is 21. The maximum absolute atomic E-state index is 10.5. The molecule has 5 heteroatoms. The van der Waals surface area contributed by atoms with Crippen LogP contribution in [0.5, 0.6) is 0 Å². The first-order chi connectivity index (χ1) is 13.6. The van der Waals surface area contributed by atoms with Crippen molar-refractivity contribution in [3.05, 3.63) is 0 Å². The van der Waals surface area contributed by atoms with Crippen LogP contribution in [-0.2, 0) is 19.0 Å². The zero-order valence-corrected chi connectivity index (χ0v) is 18.9. The molecular formula is C23H46O5. The number of carboxylic acid groups (broad SMARTS) is 1. The lowest BCUT2D eigenvalue weighted by molar-refractivity contribution is -0.137. The molecule has 0 fully saturated rings. The first-order valence-electron chi connectivity index (χ1n) is 11.4. The van der Waals surface area contributed by atoms with Crippen molar-refractivity contribution in [2.75, 3.05) is 21.3 Å². The highest BCUT2D eigenvalue weighted by atomic mass is 16.5. The van der Waals surface area contributed by atoms with Crippen molar-refractivity contribution in [1.82, 2.24) is 0 Å². The van der Waals surface area contributed by atoms with Gasteiger partial charge < -0.3 is 19.3 Å². The summed E-state index contributed by atoms with van der Waals surface area (Å²) in [5.74, 6) is -0.691. The fourth-order valence-electron chi connectivity index (χ4n) is 3.69. The fourth-order valence-corrected chi connectivity index (χ4v) is 3.69. The van der Waals surface area contributed by atoms with Crippen molar-refractivity contribution in [3.8, 4) is 0 Å². The van der Waals surface area contributed by atoms with Crippen LogP contribution in [0.15, 0.2) is 0 Å². The molecule has 0 bridgehead atoms. The largest absolute Gasteiger partial charge is 0.481 e. The highest BCUT2D eigenvalue weighted by Gasteiger charge is 2.18. The molecule has 168 valence electrons. The molecule has 0 aromatic heterocycles. The first kappa shape index (κ1) is 27.4. The first-order valence-corrected chi connectivity index (χ1v) is 11.4. The predicted molar refractivity (Wildman–Crippen MR) is 115 cm³/mol. The van der Waals surface area contributed by atoms with Crippen molar-refractivity contribution in [2.45, 2.75) is 122 Å². The summed E-state index contributed by atoms with van der Waals surface area (Å²) in [6.45, 7) is 2.24. The Morgan fingerprint density at radius 1 is 0.679 bits per heavy atom. The zero-order chi connectivity index (χ0) is 21.0. The molecule has 0 amide bonds. The van der Waals surface area contributed by atoms with Gasteiger partial charge in [0.25, 0.3) is 0 Å². The Morgan fingerprint density at radius 2 is 1.14 bits per heavy atom. The van der Waals surface area contributed by atoms with Crippen LogP contribution in [0.3, 0.4) is 0 Å². The van der Waals surface area contributed by atoms with E-state index in [4.69, 9.17) is 19.3 Å². The molecule has 5 nitrogen and oxygen atoms in total. The van der Waals surface area contributed by atoms with Crippen LogP contribution in [0.4, 0.5) is 0 Å². The van der Waals surface area contributed by atoms with Gasteiger partial charge in [-0.3, -0.25) is 4.79 Å². The van der Waals surface area contributed by atoms with E-state index in [1.807, 2.05) is 7.11 Å². The van der Waals surface area contributed by atoms with Gasteiger partial charge in [0.1, 0.15) is 0 Å². The predicted octanol–water partition coefficient (Wildman–Crippen LogP) is 5.99. The normalized spacial score (nSPS) is 14.7. The summed E-state index contributed by atoms with van der Waals surface area (Å²) in [7, 11) is 5.41. The molecule has 0 radical (unpaired) electrons. The Hall–Kier alpha value is -0.650. The second-order valence-electron chi connectivity index (χ2n) is 7.94. The molecule has 0 saturated carbocycles. The van der Waals surface area contributed by atoms with E-state index in [2.05, 4.69) is 6.92 Å². The quantitative estimate of drug-likeness (QED) is 0.239. The number of ether oxygens (including phenoxy) is 3. The molecule has 0 aromatic rings. The van der Waals surface area contributed by atoms with Gasteiger partial charge in [-0.1, -0.05) is 58.3 Å². The van der Waals surface area contributed by atoms with Crippen molar-refractivity contribution < 1.29 is 24.1 Å². The molecule has 0 heterocycles. The molecule has 3 unspecified atom stereocenters. The molecule has 3 atom stereocenters. The molecule has 0 aromatic carbocycles. The van der Waals surface area contributed by atoms with Crippen LogP contribution in [0, 0.1) is 0 Å². The van der Waals surface area contributed by atoms with Crippen LogP contribution < -0.4 is 0 Å². The molecule has 1 N–H and O–H groups in total. The number of carbonyl (C=O) groups is 1. The molecule has 0 rings (SSSR count). The Morgan fingerprint density at radius 3 is 1.71 bits per heavy atom. The lowest BCUT2D eigenvalue weighted by Crippen LogP contribution is -2.23. The summed E-state index contributed by atoms with van der Waals surface area (Å²) in [6.07, 6.45) is 16.5. The Labute approximate surface area is 173 Å². The third-order valence-electron chi connectivity index (χ3n) is 5.63. The second-order valence-corrected chi connectivity index (χ2v) is 7.94. The molecule has 28 heavy (non-hydrogen) atoms. The summed E-state index contributed by atoms with van der Waals surface area (Å²) in [5.41, 5.74) is 0. The Balaban J connectivity index is 3.96. The van der Waals surface area contributed by atoms with Gasteiger partial charge in [0, 0.05) is 27.8 Å². The van der Waals surface area contributed by atoms with Gasteiger partial charge in [-0.15, -0.1) is 0 Å². The third-order valence-corrected chi connectivity index (χ3v) is 5.63. The van der Waals surface area contributed by atoms with Crippen molar-refractivity contribution in [3.63, 3.8) is 0 Å². The Kier molecular flexibility index (Phi) is 19.2. The minimum atomic E-state index is -0.691. The lowest BCUT2D eigenvalue weighted by Gasteiger charge is -2.24. The summed E-state index contributed by atoms with van der Waals surface area (Å²) in [6, 6.07) is 0. The SMILES string of the molecule is CCCCCCC(CC(CCC(CCCCCCCC(=O)O)OC)OC)OC. The van der Waals surface area contributed by atoms with E-state index < -0.39 is 5.97 Å². The number of methoxy groups -OCH3 is 3. The van der Waals surface area contributed by atoms with E-state index in [0.717, 1.165) is 64.2 Å². The highest BCUT2D eigenvalue weighted by Crippen LogP contribution is 2.20. The third kappa shape index (κ3) is 16.3. The van der Waals surface area contributed by atoms with Crippen LogP contribution in [0.1, 0.15) is 103 Å².